The maximum atomic E-state index is 11.5. The standard InChI is InChI=1S/C20H28N6O/c1-14-6-8-16(9-7-14)12-26-20(22-23-24-26)13-25-18-4-3-5-19(25)11-17(10-18)21-15(2)27/h6-9,17-19H,3-5,10-13H2,1-2H3,(H,21,27)/t18-,19-/m1/s1. The molecular formula is C20H28N6O. The van der Waals surface area contributed by atoms with Gasteiger partial charge in [-0.25, -0.2) is 4.68 Å². The number of aryl methyl sites for hydroxylation is 1. The number of piperidine rings is 2. The summed E-state index contributed by atoms with van der Waals surface area (Å²) in [6.07, 6.45) is 5.69. The van der Waals surface area contributed by atoms with Crippen LogP contribution < -0.4 is 5.32 Å². The first-order chi connectivity index (χ1) is 13.1. The predicted molar refractivity (Wildman–Crippen MR) is 102 cm³/mol. The third kappa shape index (κ3) is 4.18. The van der Waals surface area contributed by atoms with Crippen molar-refractivity contribution in [3.63, 3.8) is 0 Å². The number of amides is 1. The molecule has 2 aliphatic heterocycles. The van der Waals surface area contributed by atoms with Crippen LogP contribution in [0.1, 0.15) is 56.0 Å². The molecular weight excluding hydrogens is 340 g/mol. The molecule has 0 spiro atoms. The third-order valence-electron chi connectivity index (χ3n) is 5.92. The summed E-state index contributed by atoms with van der Waals surface area (Å²) in [4.78, 5) is 14.0. The molecule has 2 aliphatic rings. The smallest absolute Gasteiger partial charge is 0.217 e. The summed E-state index contributed by atoms with van der Waals surface area (Å²) in [6.45, 7) is 5.18. The van der Waals surface area contributed by atoms with Gasteiger partial charge in [-0.1, -0.05) is 36.2 Å². The summed E-state index contributed by atoms with van der Waals surface area (Å²) in [5.74, 6) is 0.999. The number of nitrogens with zero attached hydrogens (tertiary/aromatic N) is 5. The number of hydrogen-bond acceptors (Lipinski definition) is 5. The van der Waals surface area contributed by atoms with Gasteiger partial charge in [0.15, 0.2) is 5.82 Å². The molecule has 2 atom stereocenters. The third-order valence-corrected chi connectivity index (χ3v) is 5.92. The molecule has 1 N–H and O–H groups in total. The second kappa shape index (κ2) is 7.76. The highest BCUT2D eigenvalue weighted by molar-refractivity contribution is 5.73. The molecule has 2 bridgehead atoms. The number of nitrogens with one attached hydrogen (secondary N) is 1. The molecule has 27 heavy (non-hydrogen) atoms. The minimum atomic E-state index is 0.0774. The fourth-order valence-corrected chi connectivity index (χ4v) is 4.63. The van der Waals surface area contributed by atoms with Crippen molar-refractivity contribution in [3.8, 4) is 0 Å². The zero-order valence-electron chi connectivity index (χ0n) is 16.1. The van der Waals surface area contributed by atoms with E-state index in [-0.39, 0.29) is 5.91 Å². The maximum absolute atomic E-state index is 11.5. The Morgan fingerprint density at radius 2 is 1.85 bits per heavy atom. The van der Waals surface area contributed by atoms with Gasteiger partial charge in [0, 0.05) is 25.0 Å². The number of carbonyl (C=O) groups is 1. The molecule has 7 nitrogen and oxygen atoms in total. The first-order valence-electron chi connectivity index (χ1n) is 9.92. The SMILES string of the molecule is CC(=O)NC1C[C@H]2CCC[C@H](C1)N2Cc1nnnn1Cc1ccc(C)cc1. The molecule has 4 rings (SSSR count). The fraction of sp³-hybridized carbons (Fsp3) is 0.600. The molecule has 144 valence electrons. The second-order valence-electron chi connectivity index (χ2n) is 8.02. The minimum Gasteiger partial charge on any atom is -0.353 e. The van der Waals surface area contributed by atoms with Gasteiger partial charge in [-0.15, -0.1) is 5.10 Å². The van der Waals surface area contributed by atoms with Crippen LogP contribution in [0.5, 0.6) is 0 Å². The van der Waals surface area contributed by atoms with Gasteiger partial charge in [0.25, 0.3) is 0 Å². The van der Waals surface area contributed by atoms with Crippen molar-refractivity contribution < 1.29 is 4.79 Å². The topological polar surface area (TPSA) is 75.9 Å². The van der Waals surface area contributed by atoms with E-state index < -0.39 is 0 Å². The zero-order valence-corrected chi connectivity index (χ0v) is 16.1. The Morgan fingerprint density at radius 1 is 1.15 bits per heavy atom. The number of hydrogen-bond donors (Lipinski definition) is 1. The monoisotopic (exact) mass is 368 g/mol. The molecule has 2 fully saturated rings. The van der Waals surface area contributed by atoms with Gasteiger partial charge >= 0.3 is 0 Å². The number of carbonyl (C=O) groups excluding carboxylic acids is 1. The number of fused-ring (bicyclic) bond motifs is 2. The fourth-order valence-electron chi connectivity index (χ4n) is 4.63. The number of aromatic nitrogens is 4. The van der Waals surface area contributed by atoms with Crippen molar-refractivity contribution in [2.24, 2.45) is 0 Å². The molecule has 3 heterocycles. The lowest BCUT2D eigenvalue weighted by atomic mass is 9.81. The quantitative estimate of drug-likeness (QED) is 0.874. The Balaban J connectivity index is 1.46. The van der Waals surface area contributed by atoms with Gasteiger partial charge in [0.2, 0.25) is 5.91 Å². The number of benzene rings is 1. The second-order valence-corrected chi connectivity index (χ2v) is 8.02. The van der Waals surface area contributed by atoms with E-state index in [1.54, 1.807) is 6.92 Å². The molecule has 7 heteroatoms. The minimum absolute atomic E-state index is 0.0774. The summed E-state index contributed by atoms with van der Waals surface area (Å²) in [6, 6.07) is 9.81. The van der Waals surface area contributed by atoms with Crippen LogP contribution in [0.15, 0.2) is 24.3 Å². The molecule has 1 aromatic heterocycles. The summed E-state index contributed by atoms with van der Waals surface area (Å²) in [5, 5.41) is 15.6. The molecule has 2 aromatic rings. The highest BCUT2D eigenvalue weighted by Crippen LogP contribution is 2.35. The van der Waals surface area contributed by atoms with Crippen molar-refractivity contribution in [1.82, 2.24) is 30.4 Å². The van der Waals surface area contributed by atoms with Crippen LogP contribution in [0.2, 0.25) is 0 Å². The van der Waals surface area contributed by atoms with E-state index in [1.165, 1.54) is 30.4 Å². The Labute approximate surface area is 160 Å². The van der Waals surface area contributed by atoms with Crippen molar-refractivity contribution >= 4 is 5.91 Å². The zero-order chi connectivity index (χ0) is 18.8. The van der Waals surface area contributed by atoms with E-state index >= 15 is 0 Å². The molecule has 0 unspecified atom stereocenters. The predicted octanol–water partition coefficient (Wildman–Crippen LogP) is 2.05. The summed E-state index contributed by atoms with van der Waals surface area (Å²) >= 11 is 0. The Kier molecular flexibility index (Phi) is 5.20. The first kappa shape index (κ1) is 18.1. The van der Waals surface area contributed by atoms with Crippen LogP contribution in [-0.4, -0.2) is 49.1 Å². The average molecular weight is 368 g/mol. The lowest BCUT2D eigenvalue weighted by molar-refractivity contribution is -0.120. The van der Waals surface area contributed by atoms with Crippen molar-refractivity contribution in [3.05, 3.63) is 41.2 Å². The van der Waals surface area contributed by atoms with Crippen molar-refractivity contribution in [1.29, 1.82) is 0 Å². The van der Waals surface area contributed by atoms with E-state index in [0.717, 1.165) is 25.2 Å². The van der Waals surface area contributed by atoms with Gasteiger partial charge in [0.05, 0.1) is 13.1 Å². The van der Waals surface area contributed by atoms with Crippen LogP contribution in [0.25, 0.3) is 0 Å². The Bertz CT molecular complexity index is 772. The highest BCUT2D eigenvalue weighted by Gasteiger charge is 2.39. The molecule has 0 saturated carbocycles. The van der Waals surface area contributed by atoms with Crippen molar-refractivity contribution in [2.75, 3.05) is 0 Å². The van der Waals surface area contributed by atoms with E-state index in [2.05, 4.69) is 56.9 Å². The number of rotatable bonds is 5. The molecule has 0 radical (unpaired) electrons. The van der Waals surface area contributed by atoms with E-state index in [1.807, 2.05) is 4.68 Å². The molecule has 1 amide bonds. The van der Waals surface area contributed by atoms with E-state index in [0.29, 0.717) is 24.7 Å². The first-order valence-corrected chi connectivity index (χ1v) is 9.92. The van der Waals surface area contributed by atoms with Crippen LogP contribution >= 0.6 is 0 Å². The lowest BCUT2D eigenvalue weighted by Crippen LogP contribution is -2.56. The Hall–Kier alpha value is -2.28. The molecule has 2 saturated heterocycles. The van der Waals surface area contributed by atoms with Gasteiger partial charge in [-0.3, -0.25) is 9.69 Å². The molecule has 0 aliphatic carbocycles. The van der Waals surface area contributed by atoms with Gasteiger partial charge in [-0.05, 0) is 48.6 Å². The Morgan fingerprint density at radius 3 is 2.52 bits per heavy atom. The number of tetrazole rings is 1. The van der Waals surface area contributed by atoms with Gasteiger partial charge in [-0.2, -0.15) is 0 Å². The lowest BCUT2D eigenvalue weighted by Gasteiger charge is -2.48. The molecule has 1 aromatic carbocycles. The summed E-state index contributed by atoms with van der Waals surface area (Å²) in [5.41, 5.74) is 2.46. The normalized spacial score (nSPS) is 25.3. The van der Waals surface area contributed by atoms with Crippen LogP contribution in [-0.2, 0) is 17.9 Å². The highest BCUT2D eigenvalue weighted by atomic mass is 16.1. The van der Waals surface area contributed by atoms with Crippen LogP contribution in [0, 0.1) is 6.92 Å². The van der Waals surface area contributed by atoms with Gasteiger partial charge in [0.1, 0.15) is 0 Å². The van der Waals surface area contributed by atoms with Crippen molar-refractivity contribution in [2.45, 2.75) is 77.2 Å². The maximum Gasteiger partial charge on any atom is 0.217 e. The summed E-state index contributed by atoms with van der Waals surface area (Å²) in [7, 11) is 0. The summed E-state index contributed by atoms with van der Waals surface area (Å²) < 4.78 is 1.92. The van der Waals surface area contributed by atoms with E-state index in [9.17, 15) is 4.79 Å². The van der Waals surface area contributed by atoms with E-state index in [4.69, 9.17) is 0 Å². The van der Waals surface area contributed by atoms with Gasteiger partial charge < -0.3 is 5.32 Å². The largest absolute Gasteiger partial charge is 0.353 e. The average Bonchev–Trinajstić information content (AvgIpc) is 3.04. The van der Waals surface area contributed by atoms with Crippen LogP contribution in [0.4, 0.5) is 0 Å². The van der Waals surface area contributed by atoms with Crippen LogP contribution in [0.3, 0.4) is 0 Å².